The minimum absolute atomic E-state index is 0.365. The second-order valence-electron chi connectivity index (χ2n) is 8.10. The summed E-state index contributed by atoms with van der Waals surface area (Å²) in [5.41, 5.74) is -0.617. The maximum absolute atomic E-state index is 12.4. The third-order valence-electron chi connectivity index (χ3n) is 4.26. The minimum atomic E-state index is -0.673. The van der Waals surface area contributed by atoms with Gasteiger partial charge in [-0.1, -0.05) is 12.2 Å². The van der Waals surface area contributed by atoms with Crippen LogP contribution in [0.4, 0.5) is 0 Å². The summed E-state index contributed by atoms with van der Waals surface area (Å²) >= 11 is 0. The van der Waals surface area contributed by atoms with Crippen LogP contribution in [0.5, 0.6) is 0 Å². The molecule has 6 nitrogen and oxygen atoms in total. The zero-order chi connectivity index (χ0) is 22.6. The highest BCUT2D eigenvalue weighted by Crippen LogP contribution is 2.20. The van der Waals surface area contributed by atoms with Crippen LogP contribution in [-0.2, 0) is 18.9 Å². The molecule has 0 aromatic heterocycles. The van der Waals surface area contributed by atoms with Gasteiger partial charge in [0.1, 0.15) is 11.2 Å². The Morgan fingerprint density at radius 2 is 1.10 bits per heavy atom. The Bertz CT molecular complexity index is 642. The Labute approximate surface area is 179 Å². The van der Waals surface area contributed by atoms with Gasteiger partial charge in [-0.3, -0.25) is 0 Å². The Balaban J connectivity index is 2.60. The molecule has 1 aromatic rings. The van der Waals surface area contributed by atoms with E-state index in [4.69, 9.17) is 18.9 Å². The van der Waals surface area contributed by atoms with E-state index < -0.39 is 23.1 Å². The highest BCUT2D eigenvalue weighted by Gasteiger charge is 2.25. The topological polar surface area (TPSA) is 71.1 Å². The summed E-state index contributed by atoms with van der Waals surface area (Å²) in [7, 11) is 0. The van der Waals surface area contributed by atoms with Crippen LogP contribution in [0, 0.1) is 0 Å². The van der Waals surface area contributed by atoms with E-state index in [0.29, 0.717) is 50.4 Å². The van der Waals surface area contributed by atoms with E-state index in [-0.39, 0.29) is 0 Å². The Morgan fingerprint density at radius 1 is 0.767 bits per heavy atom. The molecule has 0 bridgehead atoms. The molecule has 0 N–H and O–H groups in total. The molecular formula is C24H34O6. The molecule has 166 valence electrons. The number of hydrogen-bond donors (Lipinski definition) is 0. The van der Waals surface area contributed by atoms with Crippen molar-refractivity contribution in [3.63, 3.8) is 0 Å². The summed E-state index contributed by atoms with van der Waals surface area (Å²) in [5.74, 6) is -0.910. The van der Waals surface area contributed by atoms with Crippen molar-refractivity contribution >= 4 is 11.9 Å². The van der Waals surface area contributed by atoms with Crippen LogP contribution < -0.4 is 0 Å². The molecular weight excluding hydrogens is 384 g/mol. The van der Waals surface area contributed by atoms with Crippen molar-refractivity contribution in [3.05, 3.63) is 60.7 Å². The van der Waals surface area contributed by atoms with Gasteiger partial charge in [-0.05, 0) is 52.0 Å². The Morgan fingerprint density at radius 3 is 1.40 bits per heavy atom. The van der Waals surface area contributed by atoms with E-state index in [2.05, 4.69) is 13.2 Å². The molecule has 0 heterocycles. The van der Waals surface area contributed by atoms with Crippen molar-refractivity contribution in [3.8, 4) is 0 Å². The van der Waals surface area contributed by atoms with Crippen molar-refractivity contribution < 1.29 is 28.5 Å². The SMILES string of the molecule is C=CCOCCC(C)(C)OC(=O)c1ccc(C(=O)OC(C)(C)CCOCC=C)cc1. The second kappa shape index (κ2) is 12.3. The van der Waals surface area contributed by atoms with E-state index >= 15 is 0 Å². The molecule has 0 saturated carbocycles. The highest BCUT2D eigenvalue weighted by molar-refractivity contribution is 5.93. The second-order valence-corrected chi connectivity index (χ2v) is 8.10. The van der Waals surface area contributed by atoms with Crippen LogP contribution in [0.1, 0.15) is 61.3 Å². The van der Waals surface area contributed by atoms with Crippen LogP contribution in [0.25, 0.3) is 0 Å². The van der Waals surface area contributed by atoms with Crippen LogP contribution in [0.15, 0.2) is 49.6 Å². The van der Waals surface area contributed by atoms with Gasteiger partial charge in [-0.2, -0.15) is 0 Å². The summed E-state index contributed by atoms with van der Waals surface area (Å²) in [6.45, 7) is 16.3. The lowest BCUT2D eigenvalue weighted by Gasteiger charge is -2.25. The lowest BCUT2D eigenvalue weighted by molar-refractivity contribution is -0.0173. The number of carbonyl (C=O) groups is 2. The van der Waals surface area contributed by atoms with Gasteiger partial charge in [-0.15, -0.1) is 13.2 Å². The Kier molecular flexibility index (Phi) is 10.5. The highest BCUT2D eigenvalue weighted by atomic mass is 16.6. The molecule has 1 aromatic carbocycles. The van der Waals surface area contributed by atoms with Gasteiger partial charge in [0.25, 0.3) is 0 Å². The largest absolute Gasteiger partial charge is 0.456 e. The monoisotopic (exact) mass is 418 g/mol. The molecule has 30 heavy (non-hydrogen) atoms. The van der Waals surface area contributed by atoms with Crippen molar-refractivity contribution in [1.29, 1.82) is 0 Å². The molecule has 0 atom stereocenters. The first-order valence-electron chi connectivity index (χ1n) is 10.0. The van der Waals surface area contributed by atoms with Crippen LogP contribution >= 0.6 is 0 Å². The van der Waals surface area contributed by atoms with E-state index in [1.54, 1.807) is 36.4 Å². The maximum Gasteiger partial charge on any atom is 0.338 e. The van der Waals surface area contributed by atoms with Gasteiger partial charge in [0.05, 0.1) is 37.6 Å². The third-order valence-corrected chi connectivity index (χ3v) is 4.26. The number of rotatable bonds is 14. The maximum atomic E-state index is 12.4. The molecule has 0 amide bonds. The van der Waals surface area contributed by atoms with Gasteiger partial charge in [0.2, 0.25) is 0 Å². The molecule has 0 unspecified atom stereocenters. The molecule has 0 spiro atoms. The molecule has 0 radical (unpaired) electrons. The van der Waals surface area contributed by atoms with Crippen LogP contribution in [0.3, 0.4) is 0 Å². The van der Waals surface area contributed by atoms with Gasteiger partial charge in [0, 0.05) is 12.8 Å². The van der Waals surface area contributed by atoms with Gasteiger partial charge < -0.3 is 18.9 Å². The first-order chi connectivity index (χ1) is 14.1. The fraction of sp³-hybridized carbons (Fsp3) is 0.500. The number of hydrogen-bond acceptors (Lipinski definition) is 6. The fourth-order valence-electron chi connectivity index (χ4n) is 2.43. The number of esters is 2. The van der Waals surface area contributed by atoms with Gasteiger partial charge in [-0.25, -0.2) is 9.59 Å². The predicted molar refractivity (Wildman–Crippen MR) is 117 cm³/mol. The minimum Gasteiger partial charge on any atom is -0.456 e. The fourth-order valence-corrected chi connectivity index (χ4v) is 2.43. The lowest BCUT2D eigenvalue weighted by atomic mass is 10.0. The molecule has 0 aliphatic rings. The molecule has 6 heteroatoms. The standard InChI is InChI=1S/C24H34O6/c1-7-15-27-17-13-23(3,4)29-21(25)19-9-11-20(12-10-19)22(26)30-24(5,6)14-18-28-16-8-2/h7-12H,1-2,13-18H2,3-6H3. The first-order valence-corrected chi connectivity index (χ1v) is 10.0. The summed E-state index contributed by atoms with van der Waals surface area (Å²) in [6, 6.07) is 6.24. The van der Waals surface area contributed by atoms with E-state index in [1.807, 2.05) is 27.7 Å². The smallest absolute Gasteiger partial charge is 0.338 e. The van der Waals surface area contributed by atoms with Crippen molar-refractivity contribution in [1.82, 2.24) is 0 Å². The van der Waals surface area contributed by atoms with E-state index in [9.17, 15) is 9.59 Å². The molecule has 1 rings (SSSR count). The number of ether oxygens (including phenoxy) is 4. The zero-order valence-corrected chi connectivity index (χ0v) is 18.6. The predicted octanol–water partition coefficient (Wildman–Crippen LogP) is 4.74. The summed E-state index contributed by atoms with van der Waals surface area (Å²) < 4.78 is 21.8. The third kappa shape index (κ3) is 9.85. The summed E-state index contributed by atoms with van der Waals surface area (Å²) in [4.78, 5) is 24.8. The average molecular weight is 419 g/mol. The molecule has 0 saturated heterocycles. The normalized spacial score (nSPS) is 11.6. The summed E-state index contributed by atoms with van der Waals surface area (Å²) in [6.07, 6.45) is 4.46. The molecule has 0 fully saturated rings. The van der Waals surface area contributed by atoms with Crippen LogP contribution in [-0.4, -0.2) is 49.6 Å². The van der Waals surface area contributed by atoms with Crippen molar-refractivity contribution in [2.45, 2.75) is 51.7 Å². The summed E-state index contributed by atoms with van der Waals surface area (Å²) in [5, 5.41) is 0. The van der Waals surface area contributed by atoms with Crippen LogP contribution in [0.2, 0.25) is 0 Å². The zero-order valence-electron chi connectivity index (χ0n) is 18.6. The average Bonchev–Trinajstić information content (AvgIpc) is 2.68. The lowest BCUT2D eigenvalue weighted by Crippen LogP contribution is -2.30. The van der Waals surface area contributed by atoms with Crippen molar-refractivity contribution in [2.24, 2.45) is 0 Å². The Hall–Kier alpha value is -2.44. The van der Waals surface area contributed by atoms with Crippen molar-refractivity contribution in [2.75, 3.05) is 26.4 Å². The number of benzene rings is 1. The van der Waals surface area contributed by atoms with E-state index in [0.717, 1.165) is 0 Å². The molecule has 0 aliphatic heterocycles. The quantitative estimate of drug-likeness (QED) is 0.247. The molecule has 0 aliphatic carbocycles. The van der Waals surface area contributed by atoms with Gasteiger partial charge in [0.15, 0.2) is 0 Å². The van der Waals surface area contributed by atoms with E-state index in [1.165, 1.54) is 0 Å². The first kappa shape index (κ1) is 25.6. The number of carbonyl (C=O) groups excluding carboxylic acids is 2. The van der Waals surface area contributed by atoms with Gasteiger partial charge >= 0.3 is 11.9 Å².